The van der Waals surface area contributed by atoms with Crippen molar-refractivity contribution in [1.82, 2.24) is 4.90 Å². The fraction of sp³-hybridized carbons (Fsp3) is 0.367. The van der Waals surface area contributed by atoms with Crippen LogP contribution in [0.4, 0.5) is 0 Å². The maximum atomic E-state index is 11.2. The van der Waals surface area contributed by atoms with E-state index in [1.54, 1.807) is 0 Å². The highest BCUT2D eigenvalue weighted by atomic mass is 16.5. The molecule has 0 heterocycles. The predicted molar refractivity (Wildman–Crippen MR) is 138 cm³/mol. The Balaban J connectivity index is 1.45. The van der Waals surface area contributed by atoms with Crippen LogP contribution in [0.5, 0.6) is 5.75 Å². The first-order valence-electron chi connectivity index (χ1n) is 12.4. The molecule has 184 valence electrons. The van der Waals surface area contributed by atoms with Crippen molar-refractivity contribution in [1.29, 1.82) is 0 Å². The largest absolute Gasteiger partial charge is 0.492 e. The Hall–Kier alpha value is -3.15. The maximum Gasteiger partial charge on any atom is 0.333 e. The minimum absolute atomic E-state index is 0.197. The highest BCUT2D eigenvalue weighted by Gasteiger charge is 2.27. The van der Waals surface area contributed by atoms with Crippen LogP contribution in [0.1, 0.15) is 46.3 Å². The normalized spacial score (nSPS) is 15.7. The van der Waals surface area contributed by atoms with Gasteiger partial charge in [0.15, 0.2) is 6.10 Å². The summed E-state index contributed by atoms with van der Waals surface area (Å²) in [4.78, 5) is 13.6. The average Bonchev–Trinajstić information content (AvgIpc) is 3.04. The van der Waals surface area contributed by atoms with Crippen molar-refractivity contribution < 1.29 is 19.4 Å². The number of aliphatic carboxylic acids is 1. The van der Waals surface area contributed by atoms with Crippen molar-refractivity contribution >= 4 is 5.97 Å². The van der Waals surface area contributed by atoms with Crippen LogP contribution >= 0.6 is 0 Å². The van der Waals surface area contributed by atoms with Crippen molar-refractivity contribution in [2.24, 2.45) is 0 Å². The molecule has 2 unspecified atom stereocenters. The molecule has 0 radical (unpaired) electrons. The van der Waals surface area contributed by atoms with E-state index in [9.17, 15) is 9.90 Å². The van der Waals surface area contributed by atoms with E-state index >= 15 is 0 Å². The van der Waals surface area contributed by atoms with E-state index in [-0.39, 0.29) is 6.04 Å². The highest BCUT2D eigenvalue weighted by Crippen LogP contribution is 2.36. The second kappa shape index (κ2) is 11.5. The number of carboxylic acids is 1. The molecule has 3 aromatic carbocycles. The average molecular weight is 474 g/mol. The van der Waals surface area contributed by atoms with Gasteiger partial charge in [-0.25, -0.2) is 4.79 Å². The zero-order valence-electron chi connectivity index (χ0n) is 20.9. The lowest BCUT2D eigenvalue weighted by atomic mass is 9.92. The zero-order chi connectivity index (χ0) is 24.8. The number of hydrogen-bond acceptors (Lipinski definition) is 4. The molecule has 35 heavy (non-hydrogen) atoms. The molecule has 4 rings (SSSR count). The summed E-state index contributed by atoms with van der Waals surface area (Å²) in [5.74, 6) is -0.176. The van der Waals surface area contributed by atoms with Crippen molar-refractivity contribution in [2.45, 2.75) is 44.8 Å². The molecule has 5 heteroatoms. The van der Waals surface area contributed by atoms with Crippen LogP contribution in [0.15, 0.2) is 66.7 Å². The van der Waals surface area contributed by atoms with Gasteiger partial charge in [0.25, 0.3) is 0 Å². The number of methoxy groups -OCH3 is 1. The lowest BCUT2D eigenvalue weighted by molar-refractivity contribution is -0.148. The van der Waals surface area contributed by atoms with Gasteiger partial charge in [-0.2, -0.15) is 0 Å². The Kier molecular flexibility index (Phi) is 8.21. The third kappa shape index (κ3) is 5.92. The van der Waals surface area contributed by atoms with Gasteiger partial charge in [0.1, 0.15) is 12.4 Å². The molecule has 1 N–H and O–H groups in total. The molecule has 0 fully saturated rings. The fourth-order valence-corrected chi connectivity index (χ4v) is 4.93. The number of hydrogen-bond donors (Lipinski definition) is 1. The third-order valence-corrected chi connectivity index (χ3v) is 6.98. The van der Waals surface area contributed by atoms with Gasteiger partial charge >= 0.3 is 5.97 Å². The maximum absolute atomic E-state index is 11.2. The Morgan fingerprint density at radius 3 is 2.37 bits per heavy atom. The van der Waals surface area contributed by atoms with Crippen LogP contribution < -0.4 is 4.74 Å². The molecule has 2 atom stereocenters. The van der Waals surface area contributed by atoms with E-state index in [1.807, 2.05) is 24.3 Å². The SMILES string of the molecule is CCc1ccc2c(c1)C(N(C)CCOc1ccc(CC(OC)C(=O)O)cc1)c1ccccc1CC2. The Morgan fingerprint density at radius 2 is 1.69 bits per heavy atom. The van der Waals surface area contributed by atoms with Crippen molar-refractivity contribution in [2.75, 3.05) is 27.3 Å². The number of ether oxygens (including phenoxy) is 2. The van der Waals surface area contributed by atoms with E-state index in [1.165, 1.54) is 34.9 Å². The van der Waals surface area contributed by atoms with E-state index < -0.39 is 12.1 Å². The Bertz CT molecular complexity index is 1140. The summed E-state index contributed by atoms with van der Waals surface area (Å²) in [5, 5.41) is 9.18. The molecule has 0 bridgehead atoms. The minimum atomic E-state index is -0.955. The number of carboxylic acid groups (broad SMARTS) is 1. The summed E-state index contributed by atoms with van der Waals surface area (Å²) in [6, 6.07) is 23.6. The summed E-state index contributed by atoms with van der Waals surface area (Å²) in [5.41, 5.74) is 7.93. The van der Waals surface area contributed by atoms with Crippen LogP contribution in [0.2, 0.25) is 0 Å². The van der Waals surface area contributed by atoms with Crippen LogP contribution in [0.25, 0.3) is 0 Å². The number of nitrogens with zero attached hydrogens (tertiary/aromatic N) is 1. The van der Waals surface area contributed by atoms with E-state index in [0.717, 1.165) is 37.1 Å². The fourth-order valence-electron chi connectivity index (χ4n) is 4.93. The number of rotatable bonds is 10. The van der Waals surface area contributed by atoms with Gasteiger partial charge in [0.2, 0.25) is 0 Å². The first-order chi connectivity index (χ1) is 17.0. The molecule has 0 spiro atoms. The van der Waals surface area contributed by atoms with Crippen molar-refractivity contribution in [3.8, 4) is 5.75 Å². The topological polar surface area (TPSA) is 59.0 Å². The molecule has 1 aliphatic rings. The molecule has 1 aliphatic carbocycles. The summed E-state index contributed by atoms with van der Waals surface area (Å²) >= 11 is 0. The predicted octanol–water partition coefficient (Wildman–Crippen LogP) is 5.09. The first-order valence-corrected chi connectivity index (χ1v) is 12.4. The second-order valence-electron chi connectivity index (χ2n) is 9.23. The summed E-state index contributed by atoms with van der Waals surface area (Å²) < 4.78 is 11.1. The van der Waals surface area contributed by atoms with Gasteiger partial charge in [-0.3, -0.25) is 4.90 Å². The molecule has 0 saturated carbocycles. The molecular formula is C30H35NO4. The van der Waals surface area contributed by atoms with Gasteiger partial charge in [0.05, 0.1) is 6.04 Å². The Morgan fingerprint density at radius 1 is 1.00 bits per heavy atom. The molecule has 0 aromatic heterocycles. The standard InChI is InChI=1S/C30H35NO4/c1-4-21-9-12-24-14-13-23-7-5-6-8-26(23)29(27(24)19-21)31(2)17-18-35-25-15-10-22(11-16-25)20-28(34-3)30(32)33/h5-12,15-16,19,28-29H,4,13-14,17-18,20H2,1-3H3,(H,32,33). The zero-order valence-corrected chi connectivity index (χ0v) is 20.9. The number of benzene rings is 3. The Labute approximate surface area is 208 Å². The van der Waals surface area contributed by atoms with E-state index in [2.05, 4.69) is 61.3 Å². The summed E-state index contributed by atoms with van der Waals surface area (Å²) in [6.45, 7) is 3.55. The quantitative estimate of drug-likeness (QED) is 0.445. The molecule has 0 saturated heterocycles. The van der Waals surface area contributed by atoms with Crippen LogP contribution in [0.3, 0.4) is 0 Å². The first kappa shape index (κ1) is 25.0. The van der Waals surface area contributed by atoms with Gasteiger partial charge < -0.3 is 14.6 Å². The van der Waals surface area contributed by atoms with Gasteiger partial charge in [-0.05, 0) is 71.8 Å². The molecule has 0 aliphatic heterocycles. The highest BCUT2D eigenvalue weighted by molar-refractivity contribution is 5.72. The summed E-state index contributed by atoms with van der Waals surface area (Å²) in [6.07, 6.45) is 2.65. The number of carbonyl (C=O) groups is 1. The molecule has 5 nitrogen and oxygen atoms in total. The lowest BCUT2D eigenvalue weighted by Crippen LogP contribution is -2.30. The summed E-state index contributed by atoms with van der Waals surface area (Å²) in [7, 11) is 3.60. The monoisotopic (exact) mass is 473 g/mol. The minimum Gasteiger partial charge on any atom is -0.492 e. The number of likely N-dealkylation sites (N-methyl/N-ethyl adjacent to an activating group) is 1. The van der Waals surface area contributed by atoms with Gasteiger partial charge in [0, 0.05) is 20.1 Å². The van der Waals surface area contributed by atoms with Crippen LogP contribution in [-0.4, -0.2) is 49.4 Å². The van der Waals surface area contributed by atoms with Crippen LogP contribution in [-0.2, 0) is 35.2 Å². The van der Waals surface area contributed by atoms with Crippen molar-refractivity contribution in [3.05, 3.63) is 100 Å². The van der Waals surface area contributed by atoms with Gasteiger partial charge in [-0.15, -0.1) is 0 Å². The van der Waals surface area contributed by atoms with Crippen LogP contribution in [0, 0.1) is 0 Å². The van der Waals surface area contributed by atoms with E-state index in [4.69, 9.17) is 9.47 Å². The molecule has 0 amide bonds. The smallest absolute Gasteiger partial charge is 0.333 e. The lowest BCUT2D eigenvalue weighted by Gasteiger charge is -2.30. The molecular weight excluding hydrogens is 438 g/mol. The van der Waals surface area contributed by atoms with Gasteiger partial charge in [-0.1, -0.05) is 61.5 Å². The number of aryl methyl sites for hydroxylation is 3. The van der Waals surface area contributed by atoms with E-state index in [0.29, 0.717) is 13.0 Å². The number of fused-ring (bicyclic) bond motifs is 2. The molecule has 3 aromatic rings. The second-order valence-corrected chi connectivity index (χ2v) is 9.23. The van der Waals surface area contributed by atoms with Crippen molar-refractivity contribution in [3.63, 3.8) is 0 Å². The third-order valence-electron chi connectivity index (χ3n) is 6.98.